The number of piperidine rings is 1. The van der Waals surface area contributed by atoms with Gasteiger partial charge < -0.3 is 20.1 Å². The van der Waals surface area contributed by atoms with Crippen LogP contribution in [0, 0.1) is 6.92 Å². The summed E-state index contributed by atoms with van der Waals surface area (Å²) in [5.41, 5.74) is 7.45. The molecule has 0 aliphatic carbocycles. The molecule has 3 aliphatic heterocycles. The van der Waals surface area contributed by atoms with Gasteiger partial charge in [0.05, 0.1) is 6.04 Å². The predicted octanol–water partition coefficient (Wildman–Crippen LogP) is 2.09. The van der Waals surface area contributed by atoms with E-state index in [4.69, 9.17) is 15.2 Å². The zero-order valence-corrected chi connectivity index (χ0v) is 17.6. The molecule has 1 aromatic heterocycles. The fraction of sp³-hybridized carbons (Fsp3) is 0.524. The first kappa shape index (κ1) is 20.3. The highest BCUT2D eigenvalue weighted by Crippen LogP contribution is 2.26. The van der Waals surface area contributed by atoms with Crippen molar-refractivity contribution in [3.8, 4) is 0 Å². The number of aryl methyl sites for hydroxylation is 1. The van der Waals surface area contributed by atoms with Crippen LogP contribution in [0.1, 0.15) is 48.9 Å². The van der Waals surface area contributed by atoms with Gasteiger partial charge in [0.25, 0.3) is 5.91 Å². The molecular weight excluding hydrogens is 382 g/mol. The highest BCUT2D eigenvalue weighted by Gasteiger charge is 2.31. The van der Waals surface area contributed by atoms with Gasteiger partial charge >= 0.3 is 0 Å². The Bertz CT molecular complexity index is 916. The van der Waals surface area contributed by atoms with Gasteiger partial charge in [-0.25, -0.2) is 10.0 Å². The van der Waals surface area contributed by atoms with Crippen LogP contribution in [-0.4, -0.2) is 70.1 Å². The number of rotatable bonds is 3. The lowest BCUT2D eigenvalue weighted by Crippen LogP contribution is -2.43. The first-order chi connectivity index (χ1) is 14.5. The lowest BCUT2D eigenvalue weighted by molar-refractivity contribution is 0.0651. The topological polar surface area (TPSA) is 104 Å². The highest BCUT2D eigenvalue weighted by molar-refractivity contribution is 5.99. The van der Waals surface area contributed by atoms with Gasteiger partial charge in [0.2, 0.25) is 0 Å². The second-order valence-corrected chi connectivity index (χ2v) is 8.14. The Morgan fingerprint density at radius 3 is 2.83 bits per heavy atom. The minimum atomic E-state index is -0.122. The number of likely N-dealkylation sites (tertiary alicyclic amines) is 2. The Labute approximate surface area is 176 Å². The zero-order chi connectivity index (χ0) is 21.3. The molecule has 9 heteroatoms. The van der Waals surface area contributed by atoms with Crippen molar-refractivity contribution < 1.29 is 9.32 Å². The van der Waals surface area contributed by atoms with Gasteiger partial charge in [-0.05, 0) is 45.6 Å². The van der Waals surface area contributed by atoms with Gasteiger partial charge in [0.1, 0.15) is 11.6 Å². The third kappa shape index (κ3) is 4.02. The molecule has 2 atom stereocenters. The molecule has 3 aliphatic rings. The number of hydrogen-bond donors (Lipinski definition) is 1. The summed E-state index contributed by atoms with van der Waals surface area (Å²) in [6.07, 6.45) is 7.77. The summed E-state index contributed by atoms with van der Waals surface area (Å²) in [6.45, 7) is 9.83. The molecule has 30 heavy (non-hydrogen) atoms. The van der Waals surface area contributed by atoms with Crippen molar-refractivity contribution in [3.63, 3.8) is 0 Å². The molecule has 1 unspecified atom stereocenters. The molecule has 4 heterocycles. The Morgan fingerprint density at radius 1 is 1.33 bits per heavy atom. The molecule has 9 nitrogen and oxygen atoms in total. The van der Waals surface area contributed by atoms with Crippen LogP contribution >= 0.6 is 0 Å². The summed E-state index contributed by atoms with van der Waals surface area (Å²) in [5.74, 6) is 2.09. The second kappa shape index (κ2) is 8.43. The lowest BCUT2D eigenvalue weighted by atomic mass is 10.0. The SMILES string of the molecule is C=NN1C=C(C)C(N2CC[C@H](N)C2)=N/C1=C/C1CCCCN1C(=O)c1cc(C)on1. The predicted molar refractivity (Wildman–Crippen MR) is 115 cm³/mol. The summed E-state index contributed by atoms with van der Waals surface area (Å²) in [7, 11) is 0. The normalized spacial score (nSPS) is 26.1. The van der Waals surface area contributed by atoms with Crippen LogP contribution in [0.25, 0.3) is 0 Å². The Kier molecular flexibility index (Phi) is 5.72. The summed E-state index contributed by atoms with van der Waals surface area (Å²) in [6, 6.07) is 1.75. The average Bonchev–Trinajstić information content (AvgIpc) is 3.37. The van der Waals surface area contributed by atoms with Crippen LogP contribution in [0.15, 0.2) is 44.4 Å². The molecule has 1 amide bonds. The largest absolute Gasteiger partial charge is 0.361 e. The molecule has 2 N–H and O–H groups in total. The van der Waals surface area contributed by atoms with E-state index < -0.39 is 0 Å². The maximum absolute atomic E-state index is 13.0. The van der Waals surface area contributed by atoms with Crippen molar-refractivity contribution in [2.24, 2.45) is 15.8 Å². The number of hydrogen-bond acceptors (Lipinski definition) is 8. The fourth-order valence-electron chi connectivity index (χ4n) is 4.25. The summed E-state index contributed by atoms with van der Waals surface area (Å²) < 4.78 is 5.10. The molecule has 0 bridgehead atoms. The van der Waals surface area contributed by atoms with Crippen LogP contribution < -0.4 is 5.73 Å². The van der Waals surface area contributed by atoms with E-state index in [9.17, 15) is 4.79 Å². The van der Waals surface area contributed by atoms with Crippen molar-refractivity contribution in [1.29, 1.82) is 0 Å². The van der Waals surface area contributed by atoms with Crippen molar-refractivity contribution in [2.45, 2.75) is 51.6 Å². The monoisotopic (exact) mass is 411 g/mol. The molecule has 2 fully saturated rings. The van der Waals surface area contributed by atoms with Crippen LogP contribution in [-0.2, 0) is 0 Å². The molecule has 0 aromatic carbocycles. The van der Waals surface area contributed by atoms with E-state index in [0.717, 1.165) is 50.2 Å². The van der Waals surface area contributed by atoms with Gasteiger partial charge in [0.15, 0.2) is 11.5 Å². The molecule has 0 spiro atoms. The average molecular weight is 412 g/mol. The number of nitrogens with two attached hydrogens (primary N) is 1. The third-order valence-corrected chi connectivity index (χ3v) is 5.80. The number of amides is 1. The molecule has 1 aromatic rings. The van der Waals surface area contributed by atoms with E-state index in [1.165, 1.54) is 0 Å². The standard InChI is InChI=1S/C21H29N7O2/c1-14-12-28(23-3)19(24-20(14)26-9-7-16(22)13-26)11-17-6-4-5-8-27(17)21(29)18-10-15(2)30-25-18/h10-12,16-17H,3-9,13,22H2,1-2H3/b19-11-/t16-,17?/m0/s1. The van der Waals surface area contributed by atoms with Crippen LogP contribution in [0.4, 0.5) is 0 Å². The zero-order valence-electron chi connectivity index (χ0n) is 17.6. The van der Waals surface area contributed by atoms with Gasteiger partial charge in [-0.3, -0.25) is 4.79 Å². The quantitative estimate of drug-likeness (QED) is 0.764. The second-order valence-electron chi connectivity index (χ2n) is 8.14. The summed E-state index contributed by atoms with van der Waals surface area (Å²) in [4.78, 5) is 22.0. The molecular formula is C21H29N7O2. The number of hydrazone groups is 1. The Morgan fingerprint density at radius 2 is 2.17 bits per heavy atom. The van der Waals surface area contributed by atoms with E-state index in [-0.39, 0.29) is 18.0 Å². The Hall–Kier alpha value is -2.94. The lowest BCUT2D eigenvalue weighted by Gasteiger charge is -2.35. The number of carbonyl (C=O) groups is 1. The van der Waals surface area contributed by atoms with Gasteiger partial charge in [-0.15, -0.1) is 0 Å². The third-order valence-electron chi connectivity index (χ3n) is 5.80. The molecule has 160 valence electrons. The van der Waals surface area contributed by atoms with E-state index >= 15 is 0 Å². The first-order valence-electron chi connectivity index (χ1n) is 10.5. The van der Waals surface area contributed by atoms with Crippen molar-refractivity contribution in [3.05, 3.63) is 41.2 Å². The van der Waals surface area contributed by atoms with E-state index in [1.54, 1.807) is 18.0 Å². The van der Waals surface area contributed by atoms with Gasteiger partial charge in [-0.1, -0.05) is 5.16 Å². The number of aromatic nitrogens is 1. The van der Waals surface area contributed by atoms with Crippen molar-refractivity contribution in [1.82, 2.24) is 20.0 Å². The Balaban J connectivity index is 1.63. The van der Waals surface area contributed by atoms with Crippen LogP contribution in [0.3, 0.4) is 0 Å². The first-order valence-corrected chi connectivity index (χ1v) is 10.5. The van der Waals surface area contributed by atoms with Crippen molar-refractivity contribution in [2.75, 3.05) is 19.6 Å². The molecule has 4 rings (SSSR count). The van der Waals surface area contributed by atoms with Crippen LogP contribution in [0.5, 0.6) is 0 Å². The maximum Gasteiger partial charge on any atom is 0.276 e. The molecule has 2 saturated heterocycles. The maximum atomic E-state index is 13.0. The van der Waals surface area contributed by atoms with Crippen molar-refractivity contribution >= 4 is 18.5 Å². The minimum absolute atomic E-state index is 0.0971. The number of amidine groups is 1. The number of carbonyl (C=O) groups excluding carboxylic acids is 1. The summed E-state index contributed by atoms with van der Waals surface area (Å²) >= 11 is 0. The number of aliphatic imine (C=N–C) groups is 1. The number of nitrogens with zero attached hydrogens (tertiary/aromatic N) is 6. The molecule has 0 saturated carbocycles. The minimum Gasteiger partial charge on any atom is -0.361 e. The van der Waals surface area contributed by atoms with E-state index in [1.807, 2.05) is 24.1 Å². The fourth-order valence-corrected chi connectivity index (χ4v) is 4.25. The smallest absolute Gasteiger partial charge is 0.276 e. The van der Waals surface area contributed by atoms with Gasteiger partial charge in [0, 0.05) is 50.2 Å². The van der Waals surface area contributed by atoms with Gasteiger partial charge in [-0.2, -0.15) is 5.10 Å². The molecule has 0 radical (unpaired) electrons. The van der Waals surface area contributed by atoms with E-state index in [0.29, 0.717) is 23.8 Å². The van der Waals surface area contributed by atoms with E-state index in [2.05, 4.69) is 21.9 Å². The highest BCUT2D eigenvalue weighted by atomic mass is 16.5. The summed E-state index contributed by atoms with van der Waals surface area (Å²) in [5, 5.41) is 9.69. The van der Waals surface area contributed by atoms with Crippen LogP contribution in [0.2, 0.25) is 0 Å².